The van der Waals surface area contributed by atoms with Crippen molar-refractivity contribution in [3.8, 4) is 0 Å². The second-order valence-corrected chi connectivity index (χ2v) is 5.71. The number of carbonyl (C=O) groups is 1. The van der Waals surface area contributed by atoms with Crippen LogP contribution in [-0.2, 0) is 9.53 Å². The Hall–Kier alpha value is -1.91. The SMILES string of the molecule is O=C(N[C@@H](c1ccncc1)c1ccc(Cl)cc1)[C@@H]1CCCO1. The van der Waals surface area contributed by atoms with E-state index in [1.165, 1.54) is 0 Å². The van der Waals surface area contributed by atoms with Crippen LogP contribution in [0.2, 0.25) is 5.02 Å². The van der Waals surface area contributed by atoms with Gasteiger partial charge in [0.15, 0.2) is 0 Å². The van der Waals surface area contributed by atoms with Crippen LogP contribution in [0.25, 0.3) is 0 Å². The molecule has 4 nitrogen and oxygen atoms in total. The van der Waals surface area contributed by atoms with Crippen molar-refractivity contribution in [3.05, 3.63) is 64.9 Å². The van der Waals surface area contributed by atoms with Crippen molar-refractivity contribution in [2.75, 3.05) is 6.61 Å². The van der Waals surface area contributed by atoms with E-state index < -0.39 is 0 Å². The van der Waals surface area contributed by atoms with Crippen LogP contribution < -0.4 is 5.32 Å². The van der Waals surface area contributed by atoms with Crippen molar-refractivity contribution in [2.24, 2.45) is 0 Å². The van der Waals surface area contributed by atoms with Gasteiger partial charge < -0.3 is 10.1 Å². The first-order valence-electron chi connectivity index (χ1n) is 7.31. The molecular weight excluding hydrogens is 300 g/mol. The summed E-state index contributed by atoms with van der Waals surface area (Å²) in [6, 6.07) is 11.0. The molecule has 2 aromatic rings. The number of rotatable bonds is 4. The van der Waals surface area contributed by atoms with E-state index in [4.69, 9.17) is 16.3 Å². The molecule has 1 fully saturated rings. The van der Waals surface area contributed by atoms with Crippen LogP contribution in [-0.4, -0.2) is 23.6 Å². The fraction of sp³-hybridized carbons (Fsp3) is 0.294. The number of nitrogens with zero attached hydrogens (tertiary/aromatic N) is 1. The summed E-state index contributed by atoms with van der Waals surface area (Å²) in [4.78, 5) is 16.4. The van der Waals surface area contributed by atoms with Gasteiger partial charge in [-0.05, 0) is 48.2 Å². The highest BCUT2D eigenvalue weighted by Gasteiger charge is 2.26. The summed E-state index contributed by atoms with van der Waals surface area (Å²) < 4.78 is 5.46. The molecule has 0 radical (unpaired) electrons. The van der Waals surface area contributed by atoms with Gasteiger partial charge in [-0.3, -0.25) is 9.78 Å². The molecular formula is C17H17ClN2O2. The fourth-order valence-corrected chi connectivity index (χ4v) is 2.72. The molecule has 3 rings (SSSR count). The van der Waals surface area contributed by atoms with Gasteiger partial charge in [0, 0.05) is 24.0 Å². The molecule has 0 spiro atoms. The average molecular weight is 317 g/mol. The number of aromatic nitrogens is 1. The van der Waals surface area contributed by atoms with Gasteiger partial charge in [-0.25, -0.2) is 0 Å². The Morgan fingerprint density at radius 3 is 2.50 bits per heavy atom. The van der Waals surface area contributed by atoms with Gasteiger partial charge in [0.1, 0.15) is 6.10 Å². The molecule has 0 aliphatic carbocycles. The maximum Gasteiger partial charge on any atom is 0.249 e. The maximum atomic E-state index is 12.4. The summed E-state index contributed by atoms with van der Waals surface area (Å²) in [5.41, 5.74) is 1.95. The first-order chi connectivity index (χ1) is 10.7. The summed E-state index contributed by atoms with van der Waals surface area (Å²) in [6.07, 6.45) is 4.79. The molecule has 1 amide bonds. The van der Waals surface area contributed by atoms with Gasteiger partial charge in [-0.2, -0.15) is 0 Å². The third-order valence-corrected chi connectivity index (χ3v) is 4.00. The number of hydrogen-bond donors (Lipinski definition) is 1. The third-order valence-electron chi connectivity index (χ3n) is 3.75. The molecule has 5 heteroatoms. The number of carbonyl (C=O) groups excluding carboxylic acids is 1. The van der Waals surface area contributed by atoms with Crippen molar-refractivity contribution in [2.45, 2.75) is 25.0 Å². The van der Waals surface area contributed by atoms with Crippen molar-refractivity contribution >= 4 is 17.5 Å². The second kappa shape index (κ2) is 6.90. The highest BCUT2D eigenvalue weighted by molar-refractivity contribution is 6.30. The van der Waals surface area contributed by atoms with E-state index >= 15 is 0 Å². The number of halogens is 1. The second-order valence-electron chi connectivity index (χ2n) is 5.28. The van der Waals surface area contributed by atoms with Crippen LogP contribution in [0.3, 0.4) is 0 Å². The van der Waals surface area contributed by atoms with Gasteiger partial charge in [-0.1, -0.05) is 23.7 Å². The standard InChI is InChI=1S/C17H17ClN2O2/c18-14-5-3-12(4-6-14)16(13-7-9-19-10-8-13)20-17(21)15-2-1-11-22-15/h3-10,15-16H,1-2,11H2,(H,20,21)/t15-,16+/m0/s1. The van der Waals surface area contributed by atoms with Crippen LogP contribution in [0, 0.1) is 0 Å². The molecule has 0 bridgehead atoms. The lowest BCUT2D eigenvalue weighted by Gasteiger charge is -2.21. The van der Waals surface area contributed by atoms with Crippen LogP contribution in [0.4, 0.5) is 0 Å². The molecule has 0 unspecified atom stereocenters. The summed E-state index contributed by atoms with van der Waals surface area (Å²) in [5.74, 6) is -0.0748. The van der Waals surface area contributed by atoms with Gasteiger partial charge in [0.2, 0.25) is 5.91 Å². The number of benzene rings is 1. The van der Waals surface area contributed by atoms with Crippen LogP contribution in [0.5, 0.6) is 0 Å². The minimum atomic E-state index is -0.350. The van der Waals surface area contributed by atoms with Gasteiger partial charge in [0.05, 0.1) is 6.04 Å². The van der Waals surface area contributed by atoms with Gasteiger partial charge >= 0.3 is 0 Å². The zero-order chi connectivity index (χ0) is 15.4. The molecule has 114 valence electrons. The monoisotopic (exact) mass is 316 g/mol. The predicted octanol–water partition coefficient (Wildman–Crippen LogP) is 3.12. The Morgan fingerprint density at radius 2 is 1.86 bits per heavy atom. The Balaban J connectivity index is 1.86. The topological polar surface area (TPSA) is 51.2 Å². The molecule has 1 saturated heterocycles. The molecule has 1 N–H and O–H groups in total. The maximum absolute atomic E-state index is 12.4. The van der Waals surface area contributed by atoms with Crippen LogP contribution in [0.1, 0.15) is 30.0 Å². The van der Waals surface area contributed by atoms with E-state index in [0.29, 0.717) is 11.6 Å². The lowest BCUT2D eigenvalue weighted by atomic mass is 9.99. The summed E-state index contributed by atoms with van der Waals surface area (Å²) in [6.45, 7) is 0.652. The minimum absolute atomic E-state index is 0.0748. The van der Waals surface area contributed by atoms with E-state index in [-0.39, 0.29) is 18.1 Å². The van der Waals surface area contributed by atoms with E-state index in [2.05, 4.69) is 10.3 Å². The molecule has 2 atom stereocenters. The Morgan fingerprint density at radius 1 is 1.18 bits per heavy atom. The molecule has 22 heavy (non-hydrogen) atoms. The zero-order valence-corrected chi connectivity index (χ0v) is 12.8. The fourth-order valence-electron chi connectivity index (χ4n) is 2.59. The zero-order valence-electron chi connectivity index (χ0n) is 12.0. The van der Waals surface area contributed by atoms with E-state index in [9.17, 15) is 4.79 Å². The number of hydrogen-bond acceptors (Lipinski definition) is 3. The number of amides is 1. The van der Waals surface area contributed by atoms with Crippen molar-refractivity contribution in [1.82, 2.24) is 10.3 Å². The van der Waals surface area contributed by atoms with Crippen molar-refractivity contribution < 1.29 is 9.53 Å². The molecule has 1 aliphatic heterocycles. The molecule has 1 aliphatic rings. The minimum Gasteiger partial charge on any atom is -0.368 e. The smallest absolute Gasteiger partial charge is 0.249 e. The van der Waals surface area contributed by atoms with Crippen LogP contribution >= 0.6 is 11.6 Å². The van der Waals surface area contributed by atoms with E-state index in [1.54, 1.807) is 12.4 Å². The molecule has 1 aromatic carbocycles. The van der Waals surface area contributed by atoms with Crippen molar-refractivity contribution in [1.29, 1.82) is 0 Å². The van der Waals surface area contributed by atoms with Crippen LogP contribution in [0.15, 0.2) is 48.8 Å². The Kier molecular flexibility index (Phi) is 4.71. The summed E-state index contributed by atoms with van der Waals surface area (Å²) >= 11 is 5.95. The first kappa shape index (κ1) is 15.0. The Labute approximate surface area is 134 Å². The molecule has 0 saturated carbocycles. The van der Waals surface area contributed by atoms with Gasteiger partial charge in [0.25, 0.3) is 0 Å². The largest absolute Gasteiger partial charge is 0.368 e. The normalized spacial score (nSPS) is 18.9. The predicted molar refractivity (Wildman–Crippen MR) is 84.6 cm³/mol. The van der Waals surface area contributed by atoms with E-state index in [0.717, 1.165) is 24.0 Å². The lowest BCUT2D eigenvalue weighted by molar-refractivity contribution is -0.130. The first-order valence-corrected chi connectivity index (χ1v) is 7.69. The lowest BCUT2D eigenvalue weighted by Crippen LogP contribution is -2.37. The van der Waals surface area contributed by atoms with Gasteiger partial charge in [-0.15, -0.1) is 0 Å². The highest BCUT2D eigenvalue weighted by Crippen LogP contribution is 2.24. The number of ether oxygens (including phenoxy) is 1. The number of nitrogens with one attached hydrogen (secondary N) is 1. The van der Waals surface area contributed by atoms with E-state index in [1.807, 2.05) is 36.4 Å². The summed E-state index contributed by atoms with van der Waals surface area (Å²) in [5, 5.41) is 3.75. The molecule has 2 heterocycles. The molecule has 1 aromatic heterocycles. The average Bonchev–Trinajstić information content (AvgIpc) is 3.09. The Bertz CT molecular complexity index is 625. The third kappa shape index (κ3) is 3.46. The summed E-state index contributed by atoms with van der Waals surface area (Å²) in [7, 11) is 0. The quantitative estimate of drug-likeness (QED) is 0.943. The highest BCUT2D eigenvalue weighted by atomic mass is 35.5. The van der Waals surface area contributed by atoms with Crippen molar-refractivity contribution in [3.63, 3.8) is 0 Å². The number of pyridine rings is 1.